The Hall–Kier alpha value is -1.10. The number of hydrogen-bond acceptors (Lipinski definition) is 3. The zero-order chi connectivity index (χ0) is 14.8. The summed E-state index contributed by atoms with van der Waals surface area (Å²) in [6, 6.07) is 0.126. The predicted octanol–water partition coefficient (Wildman–Crippen LogP) is 0.735. The van der Waals surface area contributed by atoms with Crippen molar-refractivity contribution in [2.75, 3.05) is 19.6 Å². The van der Waals surface area contributed by atoms with Crippen molar-refractivity contribution < 1.29 is 9.59 Å². The molecule has 0 radical (unpaired) electrons. The summed E-state index contributed by atoms with van der Waals surface area (Å²) in [6.45, 7) is 11.0. The van der Waals surface area contributed by atoms with Gasteiger partial charge in [0, 0.05) is 24.5 Å². The van der Waals surface area contributed by atoms with Crippen molar-refractivity contribution in [2.24, 2.45) is 16.6 Å². The molecule has 1 fully saturated rings. The van der Waals surface area contributed by atoms with Crippen molar-refractivity contribution in [1.82, 2.24) is 10.2 Å². The van der Waals surface area contributed by atoms with Crippen LogP contribution in [0.15, 0.2) is 0 Å². The second kappa shape index (κ2) is 5.49. The van der Waals surface area contributed by atoms with Crippen molar-refractivity contribution in [3.63, 3.8) is 0 Å². The van der Waals surface area contributed by atoms with Crippen LogP contribution >= 0.6 is 0 Å². The van der Waals surface area contributed by atoms with Crippen LogP contribution < -0.4 is 11.1 Å². The maximum absolute atomic E-state index is 12.1. The first-order chi connectivity index (χ1) is 8.54. The van der Waals surface area contributed by atoms with Gasteiger partial charge in [-0.05, 0) is 11.8 Å². The summed E-state index contributed by atoms with van der Waals surface area (Å²) in [5.74, 6) is -0.133. The first kappa shape index (κ1) is 16.0. The Balaban J connectivity index is 2.49. The normalized spacial score (nSPS) is 23.1. The van der Waals surface area contributed by atoms with Crippen molar-refractivity contribution in [1.29, 1.82) is 0 Å². The summed E-state index contributed by atoms with van der Waals surface area (Å²) in [7, 11) is 0. The van der Waals surface area contributed by atoms with Gasteiger partial charge in [0.1, 0.15) is 0 Å². The summed E-state index contributed by atoms with van der Waals surface area (Å²) in [4.78, 5) is 25.6. The van der Waals surface area contributed by atoms with E-state index in [2.05, 4.69) is 19.2 Å². The molecule has 0 aromatic carbocycles. The summed E-state index contributed by atoms with van der Waals surface area (Å²) in [5.41, 5.74) is 5.51. The van der Waals surface area contributed by atoms with E-state index >= 15 is 0 Å². The third kappa shape index (κ3) is 4.20. The zero-order valence-corrected chi connectivity index (χ0v) is 12.7. The maximum atomic E-state index is 12.1. The Morgan fingerprint density at radius 1 is 1.37 bits per heavy atom. The molecule has 5 heteroatoms. The summed E-state index contributed by atoms with van der Waals surface area (Å²) >= 11 is 0. The molecular formula is C14H27N3O2. The smallest absolute Gasteiger partial charge is 0.241 e. The molecule has 1 heterocycles. The highest BCUT2D eigenvalue weighted by molar-refractivity contribution is 5.87. The van der Waals surface area contributed by atoms with E-state index < -0.39 is 5.41 Å². The van der Waals surface area contributed by atoms with Gasteiger partial charge in [0.2, 0.25) is 11.8 Å². The molecule has 19 heavy (non-hydrogen) atoms. The predicted molar refractivity (Wildman–Crippen MR) is 75.4 cm³/mol. The lowest BCUT2D eigenvalue weighted by Crippen LogP contribution is -2.55. The minimum absolute atomic E-state index is 0.0300. The summed E-state index contributed by atoms with van der Waals surface area (Å²) < 4.78 is 0. The van der Waals surface area contributed by atoms with Gasteiger partial charge in [-0.1, -0.05) is 34.6 Å². The molecule has 3 N–H and O–H groups in total. The van der Waals surface area contributed by atoms with Gasteiger partial charge in [-0.3, -0.25) is 9.59 Å². The molecule has 1 aliphatic heterocycles. The Bertz CT molecular complexity index is 358. The third-order valence-corrected chi connectivity index (χ3v) is 3.75. The van der Waals surface area contributed by atoms with E-state index in [4.69, 9.17) is 5.73 Å². The second-order valence-electron chi connectivity index (χ2n) is 7.13. The van der Waals surface area contributed by atoms with E-state index in [0.29, 0.717) is 13.1 Å². The molecule has 1 aliphatic rings. The first-order valence-electron chi connectivity index (χ1n) is 6.86. The number of carbonyl (C=O) groups is 2. The van der Waals surface area contributed by atoms with E-state index in [1.807, 2.05) is 20.8 Å². The molecule has 0 aromatic rings. The van der Waals surface area contributed by atoms with E-state index in [1.54, 1.807) is 4.90 Å². The minimum Gasteiger partial charge on any atom is -0.347 e. The average molecular weight is 269 g/mol. The highest BCUT2D eigenvalue weighted by Crippen LogP contribution is 2.27. The molecular weight excluding hydrogens is 242 g/mol. The fourth-order valence-electron chi connectivity index (χ4n) is 2.12. The Kier molecular flexibility index (Phi) is 4.61. The van der Waals surface area contributed by atoms with Crippen LogP contribution in [0.5, 0.6) is 0 Å². The maximum Gasteiger partial charge on any atom is 0.241 e. The van der Waals surface area contributed by atoms with E-state index in [0.717, 1.165) is 6.42 Å². The fraction of sp³-hybridized carbons (Fsp3) is 0.857. The standard InChI is InChI=1S/C14H27N3O2/c1-13(2,3)12(19)16-8-11(18)17-7-6-10(15)14(4,5)9-17/h10H,6-9,15H2,1-5H3,(H,16,19). The van der Waals surface area contributed by atoms with Gasteiger partial charge in [0.05, 0.1) is 6.54 Å². The van der Waals surface area contributed by atoms with E-state index in [1.165, 1.54) is 0 Å². The molecule has 0 saturated carbocycles. The van der Waals surface area contributed by atoms with Gasteiger partial charge in [0.15, 0.2) is 0 Å². The summed E-state index contributed by atoms with van der Waals surface area (Å²) in [6.07, 6.45) is 0.811. The number of carbonyl (C=O) groups excluding carboxylic acids is 2. The van der Waals surface area contributed by atoms with Crippen LogP contribution in [0.1, 0.15) is 41.0 Å². The average Bonchev–Trinajstić information content (AvgIpc) is 2.27. The van der Waals surface area contributed by atoms with Gasteiger partial charge in [-0.2, -0.15) is 0 Å². The van der Waals surface area contributed by atoms with Gasteiger partial charge < -0.3 is 16.0 Å². The molecule has 0 spiro atoms. The highest BCUT2D eigenvalue weighted by Gasteiger charge is 2.35. The largest absolute Gasteiger partial charge is 0.347 e. The minimum atomic E-state index is -0.468. The van der Waals surface area contributed by atoms with Crippen LogP contribution in [0.3, 0.4) is 0 Å². The van der Waals surface area contributed by atoms with E-state index in [9.17, 15) is 9.59 Å². The number of hydrogen-bond donors (Lipinski definition) is 2. The lowest BCUT2D eigenvalue weighted by atomic mass is 9.79. The third-order valence-electron chi connectivity index (χ3n) is 3.75. The molecule has 0 aromatic heterocycles. The first-order valence-corrected chi connectivity index (χ1v) is 6.86. The quantitative estimate of drug-likeness (QED) is 0.776. The van der Waals surface area contributed by atoms with Crippen LogP contribution in [-0.2, 0) is 9.59 Å². The van der Waals surface area contributed by atoms with Gasteiger partial charge in [-0.15, -0.1) is 0 Å². The molecule has 1 saturated heterocycles. The monoisotopic (exact) mass is 269 g/mol. The molecule has 1 rings (SSSR count). The number of piperidine rings is 1. The molecule has 2 amide bonds. The van der Waals surface area contributed by atoms with Gasteiger partial charge >= 0.3 is 0 Å². The van der Waals surface area contributed by atoms with Crippen molar-refractivity contribution in [2.45, 2.75) is 47.1 Å². The number of nitrogens with one attached hydrogen (secondary N) is 1. The number of nitrogens with two attached hydrogens (primary N) is 1. The van der Waals surface area contributed by atoms with Crippen molar-refractivity contribution in [3.8, 4) is 0 Å². The van der Waals surface area contributed by atoms with Crippen LogP contribution in [0.4, 0.5) is 0 Å². The molecule has 0 bridgehead atoms. The lowest BCUT2D eigenvalue weighted by Gasteiger charge is -2.42. The zero-order valence-electron chi connectivity index (χ0n) is 12.7. The lowest BCUT2D eigenvalue weighted by molar-refractivity contribution is -0.137. The SMILES string of the molecule is CC(C)(C)C(=O)NCC(=O)N1CCC(N)C(C)(C)C1. The van der Waals surface area contributed by atoms with Crippen LogP contribution in [0.2, 0.25) is 0 Å². The summed E-state index contributed by atoms with van der Waals surface area (Å²) in [5, 5.41) is 2.70. The fourth-order valence-corrected chi connectivity index (χ4v) is 2.12. The van der Waals surface area contributed by atoms with Crippen molar-refractivity contribution >= 4 is 11.8 Å². The Morgan fingerprint density at radius 2 is 1.95 bits per heavy atom. The van der Waals surface area contributed by atoms with Crippen molar-refractivity contribution in [3.05, 3.63) is 0 Å². The number of amides is 2. The highest BCUT2D eigenvalue weighted by atomic mass is 16.2. The topological polar surface area (TPSA) is 75.4 Å². The molecule has 0 aliphatic carbocycles. The number of rotatable bonds is 2. The molecule has 110 valence electrons. The van der Waals surface area contributed by atoms with Crippen LogP contribution in [0, 0.1) is 10.8 Å². The van der Waals surface area contributed by atoms with E-state index in [-0.39, 0.29) is 29.8 Å². The van der Waals surface area contributed by atoms with Gasteiger partial charge in [0.25, 0.3) is 0 Å². The van der Waals surface area contributed by atoms with Crippen LogP contribution in [0.25, 0.3) is 0 Å². The molecule has 1 unspecified atom stereocenters. The molecule has 1 atom stereocenters. The van der Waals surface area contributed by atoms with Gasteiger partial charge in [-0.25, -0.2) is 0 Å². The number of likely N-dealkylation sites (tertiary alicyclic amines) is 1. The Morgan fingerprint density at radius 3 is 2.42 bits per heavy atom. The second-order valence-corrected chi connectivity index (χ2v) is 7.13. The molecule has 5 nitrogen and oxygen atoms in total. The Labute approximate surface area is 115 Å². The van der Waals surface area contributed by atoms with Crippen LogP contribution in [-0.4, -0.2) is 42.4 Å². The number of nitrogens with zero attached hydrogens (tertiary/aromatic N) is 1.